The highest BCUT2D eigenvalue weighted by Gasteiger charge is 2.00. The molecule has 1 aromatic heterocycles. The van der Waals surface area contributed by atoms with Crippen molar-refractivity contribution < 1.29 is 4.74 Å². The monoisotopic (exact) mass is 164 g/mol. The Morgan fingerprint density at radius 2 is 2.33 bits per heavy atom. The first kappa shape index (κ1) is 9.04. The smallest absolute Gasteiger partial charge is 0.213 e. The van der Waals surface area contributed by atoms with Crippen LogP contribution in [0, 0.1) is 13.1 Å². The van der Waals surface area contributed by atoms with Crippen molar-refractivity contribution in [3.05, 3.63) is 23.4 Å². The van der Waals surface area contributed by atoms with Gasteiger partial charge in [0.1, 0.15) is 0 Å². The number of aromatic nitrogens is 1. The van der Waals surface area contributed by atoms with E-state index in [1.807, 2.05) is 6.07 Å². The summed E-state index contributed by atoms with van der Waals surface area (Å²) < 4.78 is 4.99. The molecule has 0 aliphatic heterocycles. The first-order valence-corrected chi connectivity index (χ1v) is 4.20. The van der Waals surface area contributed by atoms with E-state index in [0.717, 1.165) is 12.8 Å². The minimum atomic E-state index is 0.646. The van der Waals surface area contributed by atoms with Gasteiger partial charge in [0.05, 0.1) is 13.3 Å². The van der Waals surface area contributed by atoms with Gasteiger partial charge in [-0.2, -0.15) is 0 Å². The number of ether oxygens (including phenoxy) is 1. The highest BCUT2D eigenvalue weighted by Crippen LogP contribution is 2.13. The number of hydrogen-bond acceptors (Lipinski definition) is 2. The highest BCUT2D eigenvalue weighted by atomic mass is 16.5. The standard InChI is InChI=1S/C10H14NO/c1-4-5-9-7-11-10(12-3)6-8(9)2/h6H,4-5H2,1-3H3. The van der Waals surface area contributed by atoms with E-state index in [2.05, 4.69) is 25.0 Å². The third-order valence-electron chi connectivity index (χ3n) is 1.83. The second kappa shape index (κ2) is 4.10. The third kappa shape index (κ3) is 1.97. The van der Waals surface area contributed by atoms with Crippen molar-refractivity contribution in [2.24, 2.45) is 0 Å². The normalized spacial score (nSPS) is 9.92. The van der Waals surface area contributed by atoms with Gasteiger partial charge < -0.3 is 4.74 Å². The minimum Gasteiger partial charge on any atom is -0.481 e. The number of nitrogens with zero attached hydrogens (tertiary/aromatic N) is 1. The van der Waals surface area contributed by atoms with Crippen molar-refractivity contribution in [3.8, 4) is 5.88 Å². The van der Waals surface area contributed by atoms with Crippen LogP contribution in [0.15, 0.2) is 6.07 Å². The average molecular weight is 164 g/mol. The van der Waals surface area contributed by atoms with Crippen molar-refractivity contribution in [1.82, 2.24) is 4.98 Å². The molecule has 1 aromatic rings. The molecule has 1 rings (SSSR count). The molecule has 0 N–H and O–H groups in total. The summed E-state index contributed by atoms with van der Waals surface area (Å²) in [5.41, 5.74) is 2.40. The van der Waals surface area contributed by atoms with Crippen LogP contribution in [0.5, 0.6) is 5.88 Å². The molecular weight excluding hydrogens is 150 g/mol. The Kier molecular flexibility index (Phi) is 3.09. The zero-order valence-electron chi connectivity index (χ0n) is 7.85. The van der Waals surface area contributed by atoms with Crippen molar-refractivity contribution in [2.75, 3.05) is 7.11 Å². The molecule has 65 valence electrons. The maximum atomic E-state index is 4.99. The summed E-state index contributed by atoms with van der Waals surface area (Å²) in [6.07, 6.45) is 5.16. The van der Waals surface area contributed by atoms with Crippen LogP contribution in [0.1, 0.15) is 24.5 Å². The topological polar surface area (TPSA) is 22.1 Å². The van der Waals surface area contributed by atoms with E-state index in [9.17, 15) is 0 Å². The van der Waals surface area contributed by atoms with E-state index in [1.54, 1.807) is 7.11 Å². The fourth-order valence-electron chi connectivity index (χ4n) is 1.12. The SMILES string of the molecule is CCCc1[c]nc(OC)cc1C. The van der Waals surface area contributed by atoms with Gasteiger partial charge in [-0.25, -0.2) is 4.98 Å². The lowest BCUT2D eigenvalue weighted by Crippen LogP contribution is -1.94. The second-order valence-electron chi connectivity index (χ2n) is 2.82. The van der Waals surface area contributed by atoms with Crippen LogP contribution in [0.4, 0.5) is 0 Å². The third-order valence-corrected chi connectivity index (χ3v) is 1.83. The lowest BCUT2D eigenvalue weighted by Gasteiger charge is -2.04. The van der Waals surface area contributed by atoms with E-state index in [0.29, 0.717) is 5.88 Å². The van der Waals surface area contributed by atoms with E-state index in [-0.39, 0.29) is 0 Å². The van der Waals surface area contributed by atoms with Crippen molar-refractivity contribution >= 4 is 0 Å². The fourth-order valence-corrected chi connectivity index (χ4v) is 1.12. The van der Waals surface area contributed by atoms with Crippen LogP contribution >= 0.6 is 0 Å². The summed E-state index contributed by atoms with van der Waals surface area (Å²) in [4.78, 5) is 4.03. The molecule has 0 fully saturated rings. The van der Waals surface area contributed by atoms with Crippen molar-refractivity contribution in [1.29, 1.82) is 0 Å². The first-order chi connectivity index (χ1) is 5.77. The molecule has 0 aliphatic rings. The summed E-state index contributed by atoms with van der Waals surface area (Å²) in [5, 5.41) is 0. The Hall–Kier alpha value is -1.05. The van der Waals surface area contributed by atoms with Crippen LogP contribution < -0.4 is 4.74 Å². The summed E-state index contributed by atoms with van der Waals surface area (Å²) in [7, 11) is 1.62. The molecule has 0 bridgehead atoms. The number of pyridine rings is 1. The molecule has 0 unspecified atom stereocenters. The Labute approximate surface area is 73.6 Å². The Morgan fingerprint density at radius 1 is 1.58 bits per heavy atom. The molecule has 1 heterocycles. The average Bonchev–Trinajstić information content (AvgIpc) is 2.09. The lowest BCUT2D eigenvalue weighted by atomic mass is 10.1. The summed E-state index contributed by atoms with van der Waals surface area (Å²) in [6.45, 7) is 4.21. The molecule has 12 heavy (non-hydrogen) atoms. The molecular formula is C10H14NO. The van der Waals surface area contributed by atoms with Gasteiger partial charge in [0.25, 0.3) is 0 Å². The summed E-state index contributed by atoms with van der Waals surface area (Å²) in [6, 6.07) is 1.95. The summed E-state index contributed by atoms with van der Waals surface area (Å²) in [5.74, 6) is 0.646. The predicted molar refractivity (Wildman–Crippen MR) is 48.4 cm³/mol. The van der Waals surface area contributed by atoms with Crippen molar-refractivity contribution in [2.45, 2.75) is 26.7 Å². The molecule has 2 heteroatoms. The van der Waals surface area contributed by atoms with E-state index < -0.39 is 0 Å². The largest absolute Gasteiger partial charge is 0.481 e. The maximum absolute atomic E-state index is 4.99. The van der Waals surface area contributed by atoms with Gasteiger partial charge in [-0.3, -0.25) is 0 Å². The van der Waals surface area contributed by atoms with Gasteiger partial charge in [-0.15, -0.1) is 0 Å². The fraction of sp³-hybridized carbons (Fsp3) is 0.500. The molecule has 1 radical (unpaired) electrons. The first-order valence-electron chi connectivity index (χ1n) is 4.20. The van der Waals surface area contributed by atoms with Gasteiger partial charge in [-0.05, 0) is 24.5 Å². The zero-order chi connectivity index (χ0) is 8.97. The van der Waals surface area contributed by atoms with Gasteiger partial charge >= 0.3 is 0 Å². The second-order valence-corrected chi connectivity index (χ2v) is 2.82. The molecule has 0 saturated heterocycles. The molecule has 0 spiro atoms. The predicted octanol–water partition coefficient (Wildman–Crippen LogP) is 2.15. The number of methoxy groups -OCH3 is 1. The molecule has 0 saturated carbocycles. The van der Waals surface area contributed by atoms with E-state index >= 15 is 0 Å². The molecule has 0 atom stereocenters. The van der Waals surface area contributed by atoms with Gasteiger partial charge in [-0.1, -0.05) is 13.3 Å². The van der Waals surface area contributed by atoms with Gasteiger partial charge in [0, 0.05) is 6.07 Å². The maximum Gasteiger partial charge on any atom is 0.213 e. The summed E-state index contributed by atoms with van der Waals surface area (Å²) >= 11 is 0. The lowest BCUT2D eigenvalue weighted by molar-refractivity contribution is 0.397. The molecule has 2 nitrogen and oxygen atoms in total. The van der Waals surface area contributed by atoms with Crippen molar-refractivity contribution in [3.63, 3.8) is 0 Å². The van der Waals surface area contributed by atoms with Crippen LogP contribution in [0.3, 0.4) is 0 Å². The van der Waals surface area contributed by atoms with Gasteiger partial charge in [0.2, 0.25) is 5.88 Å². The number of aryl methyl sites for hydroxylation is 2. The number of rotatable bonds is 3. The zero-order valence-corrected chi connectivity index (χ0v) is 7.85. The van der Waals surface area contributed by atoms with Crippen LogP contribution in [0.25, 0.3) is 0 Å². The van der Waals surface area contributed by atoms with E-state index in [4.69, 9.17) is 4.74 Å². The quantitative estimate of drug-likeness (QED) is 0.683. The highest BCUT2D eigenvalue weighted by molar-refractivity contribution is 5.27. The van der Waals surface area contributed by atoms with Crippen LogP contribution in [-0.4, -0.2) is 12.1 Å². The van der Waals surface area contributed by atoms with Crippen LogP contribution in [0.2, 0.25) is 0 Å². The molecule has 0 aliphatic carbocycles. The Morgan fingerprint density at radius 3 is 2.83 bits per heavy atom. The van der Waals surface area contributed by atoms with E-state index in [1.165, 1.54) is 11.1 Å². The molecule has 0 amide bonds. The number of hydrogen-bond donors (Lipinski definition) is 0. The van der Waals surface area contributed by atoms with Crippen LogP contribution in [-0.2, 0) is 6.42 Å². The Balaban J connectivity index is 2.87. The molecule has 0 aromatic carbocycles. The Bertz CT molecular complexity index is 258. The minimum absolute atomic E-state index is 0.646. The van der Waals surface area contributed by atoms with Gasteiger partial charge in [0.15, 0.2) is 0 Å².